The lowest BCUT2D eigenvalue weighted by molar-refractivity contribution is 0.0969. The van der Waals surface area contributed by atoms with Crippen LogP contribution in [0.15, 0.2) is 72.9 Å². The van der Waals surface area contributed by atoms with E-state index in [1.807, 2.05) is 59.6 Å². The number of benzene rings is 3. The molecule has 5 rings (SSSR count). The van der Waals surface area contributed by atoms with E-state index < -0.39 is 6.04 Å². The fourth-order valence-electron chi connectivity index (χ4n) is 4.10. The predicted molar refractivity (Wildman–Crippen MR) is 105 cm³/mol. The SMILES string of the molecule is O=C1c2ccc3ccccc3c2N2C=CC(=S)C(c3cccc(F)c3)C12. The Balaban J connectivity index is 1.73. The lowest BCUT2D eigenvalue weighted by Crippen LogP contribution is -2.42. The van der Waals surface area contributed by atoms with Gasteiger partial charge in [-0.05, 0) is 35.2 Å². The summed E-state index contributed by atoms with van der Waals surface area (Å²) >= 11 is 5.55. The lowest BCUT2D eigenvalue weighted by atomic mass is 9.84. The second-order valence-corrected chi connectivity index (χ2v) is 7.12. The number of carbonyl (C=O) groups is 1. The number of nitrogens with zero attached hydrogens (tertiary/aromatic N) is 1. The minimum Gasteiger partial charge on any atom is -0.335 e. The van der Waals surface area contributed by atoms with Crippen LogP contribution < -0.4 is 4.90 Å². The maximum absolute atomic E-state index is 13.8. The smallest absolute Gasteiger partial charge is 0.188 e. The molecule has 3 aromatic carbocycles. The first kappa shape index (κ1) is 15.4. The van der Waals surface area contributed by atoms with Crippen LogP contribution in [0.2, 0.25) is 0 Å². The molecule has 2 heterocycles. The molecule has 0 N–H and O–H groups in total. The van der Waals surface area contributed by atoms with Crippen molar-refractivity contribution in [2.45, 2.75) is 12.0 Å². The highest BCUT2D eigenvalue weighted by Crippen LogP contribution is 2.45. The third kappa shape index (κ3) is 2.09. The van der Waals surface area contributed by atoms with E-state index in [2.05, 4.69) is 0 Å². The number of carbonyl (C=O) groups excluding carboxylic acids is 1. The van der Waals surface area contributed by atoms with Gasteiger partial charge in [0.25, 0.3) is 0 Å². The molecular weight excluding hydrogens is 345 g/mol. The van der Waals surface area contributed by atoms with Crippen LogP contribution in [0.3, 0.4) is 0 Å². The standard InChI is InChI=1S/C22H14FNOS/c23-15-6-3-5-14(12-15)19-18(26)10-11-24-20-16-7-2-1-4-13(16)8-9-17(20)22(25)21(19)24/h1-12,19,21H. The fourth-order valence-corrected chi connectivity index (χ4v) is 4.42. The molecule has 0 fully saturated rings. The van der Waals surface area contributed by atoms with Crippen molar-refractivity contribution in [3.63, 3.8) is 0 Å². The summed E-state index contributed by atoms with van der Waals surface area (Å²) in [7, 11) is 0. The van der Waals surface area contributed by atoms with Crippen LogP contribution in [0.4, 0.5) is 10.1 Å². The summed E-state index contributed by atoms with van der Waals surface area (Å²) in [4.78, 5) is 15.9. The molecule has 2 aliphatic rings. The quantitative estimate of drug-likeness (QED) is 0.568. The summed E-state index contributed by atoms with van der Waals surface area (Å²) < 4.78 is 13.8. The predicted octanol–water partition coefficient (Wildman–Crippen LogP) is 5.03. The maximum Gasteiger partial charge on any atom is 0.188 e. The number of hydrogen-bond acceptors (Lipinski definition) is 3. The van der Waals surface area contributed by atoms with Crippen LogP contribution in [-0.4, -0.2) is 16.7 Å². The van der Waals surface area contributed by atoms with Crippen LogP contribution in [0.5, 0.6) is 0 Å². The molecule has 2 aliphatic heterocycles. The molecular formula is C22H14FNOS. The van der Waals surface area contributed by atoms with Crippen LogP contribution >= 0.6 is 12.2 Å². The molecule has 0 saturated heterocycles. The third-order valence-corrected chi connectivity index (χ3v) is 5.61. The van der Waals surface area contributed by atoms with Gasteiger partial charge in [-0.25, -0.2) is 4.39 Å². The molecule has 2 atom stereocenters. The van der Waals surface area contributed by atoms with Gasteiger partial charge in [0.1, 0.15) is 11.9 Å². The minimum atomic E-state index is -0.463. The molecule has 2 unspecified atom stereocenters. The summed E-state index contributed by atoms with van der Waals surface area (Å²) in [5, 5.41) is 2.12. The van der Waals surface area contributed by atoms with E-state index in [9.17, 15) is 9.18 Å². The van der Waals surface area contributed by atoms with Gasteiger partial charge in [0, 0.05) is 27.9 Å². The molecule has 0 amide bonds. The molecule has 4 heteroatoms. The van der Waals surface area contributed by atoms with Gasteiger partial charge in [0.05, 0.1) is 5.69 Å². The molecule has 0 aliphatic carbocycles. The molecule has 26 heavy (non-hydrogen) atoms. The Bertz CT molecular complexity index is 1120. The van der Waals surface area contributed by atoms with E-state index in [1.54, 1.807) is 6.07 Å². The van der Waals surface area contributed by atoms with Crippen molar-refractivity contribution in [2.24, 2.45) is 0 Å². The van der Waals surface area contributed by atoms with Gasteiger partial charge in [-0.2, -0.15) is 0 Å². The number of hydrogen-bond donors (Lipinski definition) is 0. The highest BCUT2D eigenvalue weighted by molar-refractivity contribution is 7.80. The van der Waals surface area contributed by atoms with E-state index in [-0.39, 0.29) is 17.5 Å². The van der Waals surface area contributed by atoms with Crippen molar-refractivity contribution < 1.29 is 9.18 Å². The van der Waals surface area contributed by atoms with Crippen molar-refractivity contribution in [1.82, 2.24) is 0 Å². The van der Waals surface area contributed by atoms with Crippen molar-refractivity contribution in [3.05, 3.63) is 89.9 Å². The Kier molecular flexibility index (Phi) is 3.31. The summed E-state index contributed by atoms with van der Waals surface area (Å²) in [5.41, 5.74) is 2.35. The second kappa shape index (κ2) is 5.58. The largest absolute Gasteiger partial charge is 0.335 e. The van der Waals surface area contributed by atoms with Crippen LogP contribution in [0.25, 0.3) is 10.8 Å². The number of Topliss-reactive ketones (excluding diaryl/α,β-unsaturated/α-hetero) is 1. The summed E-state index contributed by atoms with van der Waals surface area (Å²) in [6.07, 6.45) is 3.74. The first-order valence-corrected chi connectivity index (χ1v) is 8.88. The average Bonchev–Trinajstić information content (AvgIpc) is 2.94. The molecule has 0 bridgehead atoms. The first-order chi connectivity index (χ1) is 12.6. The Morgan fingerprint density at radius 2 is 1.85 bits per heavy atom. The van der Waals surface area contributed by atoms with Crippen LogP contribution in [0, 0.1) is 5.82 Å². The average molecular weight is 359 g/mol. The molecule has 126 valence electrons. The fraction of sp³-hybridized carbons (Fsp3) is 0.0909. The molecule has 3 aromatic rings. The summed E-state index contributed by atoms with van der Waals surface area (Å²) in [6.45, 7) is 0. The van der Waals surface area contributed by atoms with E-state index in [0.717, 1.165) is 22.0 Å². The molecule has 0 radical (unpaired) electrons. The van der Waals surface area contributed by atoms with E-state index in [0.29, 0.717) is 10.4 Å². The monoisotopic (exact) mass is 359 g/mol. The molecule has 2 nitrogen and oxygen atoms in total. The highest BCUT2D eigenvalue weighted by Gasteiger charge is 2.45. The van der Waals surface area contributed by atoms with Gasteiger partial charge in [0.15, 0.2) is 5.78 Å². The Labute approximate surface area is 155 Å². The topological polar surface area (TPSA) is 20.3 Å². The second-order valence-electron chi connectivity index (χ2n) is 6.65. The number of anilines is 1. The number of fused-ring (bicyclic) bond motifs is 5. The number of thiocarbonyl (C=S) groups is 1. The van der Waals surface area contributed by atoms with E-state index in [1.165, 1.54) is 12.1 Å². The van der Waals surface area contributed by atoms with Gasteiger partial charge < -0.3 is 4.90 Å². The van der Waals surface area contributed by atoms with Crippen molar-refractivity contribution in [2.75, 3.05) is 4.90 Å². The van der Waals surface area contributed by atoms with Gasteiger partial charge in [-0.15, -0.1) is 0 Å². The summed E-state index contributed by atoms with van der Waals surface area (Å²) in [6, 6.07) is 17.8. The van der Waals surface area contributed by atoms with Crippen molar-refractivity contribution >= 4 is 39.3 Å². The highest BCUT2D eigenvalue weighted by atomic mass is 32.1. The lowest BCUT2D eigenvalue weighted by Gasteiger charge is -2.34. The van der Waals surface area contributed by atoms with Crippen molar-refractivity contribution in [1.29, 1.82) is 0 Å². The number of halogens is 1. The Morgan fingerprint density at radius 3 is 2.69 bits per heavy atom. The maximum atomic E-state index is 13.8. The zero-order chi connectivity index (χ0) is 17.8. The molecule has 0 aromatic heterocycles. The molecule has 0 spiro atoms. The van der Waals surface area contributed by atoms with Crippen LogP contribution in [0.1, 0.15) is 21.8 Å². The number of ketones is 1. The zero-order valence-corrected chi connectivity index (χ0v) is 14.5. The van der Waals surface area contributed by atoms with E-state index in [4.69, 9.17) is 12.2 Å². The number of allylic oxidation sites excluding steroid dienone is 1. The minimum absolute atomic E-state index is 0.0340. The normalized spacial score (nSPS) is 21.2. The van der Waals surface area contributed by atoms with Gasteiger partial charge in [-0.1, -0.05) is 54.7 Å². The van der Waals surface area contributed by atoms with Gasteiger partial charge >= 0.3 is 0 Å². The summed E-state index contributed by atoms with van der Waals surface area (Å²) in [5.74, 6) is -0.629. The molecule has 0 saturated carbocycles. The van der Waals surface area contributed by atoms with E-state index >= 15 is 0 Å². The van der Waals surface area contributed by atoms with Gasteiger partial charge in [0.2, 0.25) is 0 Å². The third-order valence-electron chi connectivity index (χ3n) is 5.22. The number of rotatable bonds is 1. The van der Waals surface area contributed by atoms with Crippen molar-refractivity contribution in [3.8, 4) is 0 Å². The zero-order valence-electron chi connectivity index (χ0n) is 13.7. The Hall–Kier alpha value is -2.85. The van der Waals surface area contributed by atoms with Crippen LogP contribution in [-0.2, 0) is 0 Å². The van der Waals surface area contributed by atoms with Gasteiger partial charge in [-0.3, -0.25) is 4.79 Å². The Morgan fingerprint density at radius 1 is 1.00 bits per heavy atom. The first-order valence-electron chi connectivity index (χ1n) is 8.47.